The molecule has 0 fully saturated rings. The Bertz CT molecular complexity index is 1170. The van der Waals surface area contributed by atoms with E-state index in [9.17, 15) is 14.4 Å². The molecule has 0 aliphatic heterocycles. The van der Waals surface area contributed by atoms with E-state index in [-0.39, 0.29) is 11.8 Å². The van der Waals surface area contributed by atoms with Crippen molar-refractivity contribution in [2.75, 3.05) is 16.0 Å². The summed E-state index contributed by atoms with van der Waals surface area (Å²) in [7, 11) is 0. The van der Waals surface area contributed by atoms with Crippen molar-refractivity contribution in [3.05, 3.63) is 66.0 Å². The van der Waals surface area contributed by atoms with Crippen LogP contribution in [0, 0.1) is 0 Å². The molecule has 3 amide bonds. The summed E-state index contributed by atoms with van der Waals surface area (Å²) in [6, 6.07) is 18.9. The Morgan fingerprint density at radius 1 is 0.757 bits per heavy atom. The molecule has 0 unspecified atom stereocenters. The van der Waals surface area contributed by atoms with Gasteiger partial charge in [0.15, 0.2) is 0 Å². The molecule has 0 aliphatic rings. The van der Waals surface area contributed by atoms with Gasteiger partial charge >= 0.3 is 6.09 Å². The van der Waals surface area contributed by atoms with E-state index < -0.39 is 11.7 Å². The van der Waals surface area contributed by atoms with Crippen LogP contribution in [0.3, 0.4) is 0 Å². The fourth-order valence-electron chi connectivity index (χ4n) is 3.65. The highest BCUT2D eigenvalue weighted by Gasteiger charge is 2.18. The largest absolute Gasteiger partial charge is 0.444 e. The lowest BCUT2D eigenvalue weighted by atomic mass is 10.1. The van der Waals surface area contributed by atoms with Gasteiger partial charge in [-0.2, -0.15) is 0 Å². The topological polar surface area (TPSA) is 96.5 Å². The van der Waals surface area contributed by atoms with E-state index in [0.29, 0.717) is 30.6 Å². The van der Waals surface area contributed by atoms with Crippen molar-refractivity contribution in [1.82, 2.24) is 0 Å². The predicted molar refractivity (Wildman–Crippen MR) is 151 cm³/mol. The predicted octanol–water partition coefficient (Wildman–Crippen LogP) is 7.68. The van der Waals surface area contributed by atoms with Gasteiger partial charge in [-0.3, -0.25) is 14.9 Å². The molecule has 3 rings (SSSR count). The van der Waals surface area contributed by atoms with Crippen LogP contribution in [0.4, 0.5) is 21.9 Å². The molecule has 0 radical (unpaired) electrons. The SMILES string of the molecule is CC(C)(C)OC(=O)Nc1ccc(-c2cccs2)cc1NC(=O)CCCCCCC(=O)Nc1ccccc1. The number of hydrogen-bond acceptors (Lipinski definition) is 5. The number of nitrogens with one attached hydrogen (secondary N) is 3. The van der Waals surface area contributed by atoms with Gasteiger partial charge in [0.2, 0.25) is 11.8 Å². The first-order valence-corrected chi connectivity index (χ1v) is 13.4. The smallest absolute Gasteiger partial charge is 0.412 e. The molecule has 0 bridgehead atoms. The van der Waals surface area contributed by atoms with E-state index >= 15 is 0 Å². The molecule has 0 saturated carbocycles. The molecule has 8 heteroatoms. The number of hydrogen-bond donors (Lipinski definition) is 3. The molecule has 0 saturated heterocycles. The normalized spacial score (nSPS) is 11.0. The zero-order valence-corrected chi connectivity index (χ0v) is 22.5. The maximum Gasteiger partial charge on any atom is 0.412 e. The summed E-state index contributed by atoms with van der Waals surface area (Å²) in [6.45, 7) is 5.39. The summed E-state index contributed by atoms with van der Waals surface area (Å²) in [5.74, 6) is -0.128. The minimum Gasteiger partial charge on any atom is -0.444 e. The highest BCUT2D eigenvalue weighted by Crippen LogP contribution is 2.32. The molecule has 37 heavy (non-hydrogen) atoms. The number of carbonyl (C=O) groups is 3. The van der Waals surface area contributed by atoms with Crippen LogP contribution in [0.1, 0.15) is 59.3 Å². The first-order valence-electron chi connectivity index (χ1n) is 12.5. The maximum absolute atomic E-state index is 12.7. The van der Waals surface area contributed by atoms with Crippen molar-refractivity contribution in [1.29, 1.82) is 0 Å². The lowest BCUT2D eigenvalue weighted by molar-refractivity contribution is -0.117. The van der Waals surface area contributed by atoms with E-state index in [0.717, 1.165) is 35.4 Å². The summed E-state index contributed by atoms with van der Waals surface area (Å²) in [5.41, 5.74) is 2.13. The number of rotatable bonds is 11. The van der Waals surface area contributed by atoms with Crippen LogP contribution in [0.5, 0.6) is 0 Å². The molecule has 2 aromatic carbocycles. The van der Waals surface area contributed by atoms with Crippen LogP contribution in [-0.4, -0.2) is 23.5 Å². The number of anilines is 3. The van der Waals surface area contributed by atoms with E-state index in [1.165, 1.54) is 0 Å². The van der Waals surface area contributed by atoms with E-state index in [4.69, 9.17) is 4.74 Å². The molecular weight excluding hydrogens is 486 g/mol. The quantitative estimate of drug-likeness (QED) is 0.225. The number of amides is 3. The molecule has 0 atom stereocenters. The van der Waals surface area contributed by atoms with Crippen LogP contribution in [0.2, 0.25) is 0 Å². The Morgan fingerprint density at radius 2 is 1.43 bits per heavy atom. The van der Waals surface area contributed by atoms with Crippen LogP contribution in [0.25, 0.3) is 10.4 Å². The van der Waals surface area contributed by atoms with Gasteiger partial charge in [0, 0.05) is 23.4 Å². The highest BCUT2D eigenvalue weighted by atomic mass is 32.1. The summed E-state index contributed by atoms with van der Waals surface area (Å²) in [4.78, 5) is 38.1. The Balaban J connectivity index is 1.48. The van der Waals surface area contributed by atoms with Crippen molar-refractivity contribution in [2.24, 2.45) is 0 Å². The van der Waals surface area contributed by atoms with E-state index in [2.05, 4.69) is 16.0 Å². The molecule has 0 spiro atoms. The Kier molecular flexibility index (Phi) is 10.3. The number of thiophene rings is 1. The number of unbranched alkanes of at least 4 members (excludes halogenated alkanes) is 3. The second-order valence-corrected chi connectivity index (χ2v) is 10.7. The molecule has 3 N–H and O–H groups in total. The molecule has 3 aromatic rings. The maximum atomic E-state index is 12.7. The van der Waals surface area contributed by atoms with Crippen LogP contribution in [0.15, 0.2) is 66.0 Å². The standard InChI is InChI=1S/C29H35N3O4S/c1-29(2,3)36-28(35)32-23-18-17-21(25-14-11-19-37-25)20-24(23)31-27(34)16-10-5-4-9-15-26(33)30-22-12-7-6-8-13-22/h6-8,11-14,17-20H,4-5,9-10,15-16H2,1-3H3,(H,30,33)(H,31,34)(H,32,35). The number of para-hydroxylation sites is 1. The Hall–Kier alpha value is -3.65. The third-order valence-electron chi connectivity index (χ3n) is 5.35. The molecule has 7 nitrogen and oxygen atoms in total. The monoisotopic (exact) mass is 521 g/mol. The Labute approximate surface area is 222 Å². The average Bonchev–Trinajstić information content (AvgIpc) is 3.37. The van der Waals surface area contributed by atoms with Gasteiger partial charge in [0.05, 0.1) is 11.4 Å². The number of ether oxygens (including phenoxy) is 1. The summed E-state index contributed by atoms with van der Waals surface area (Å²) >= 11 is 1.60. The summed E-state index contributed by atoms with van der Waals surface area (Å²) < 4.78 is 5.37. The van der Waals surface area contributed by atoms with Gasteiger partial charge in [-0.15, -0.1) is 11.3 Å². The van der Waals surface area contributed by atoms with Gasteiger partial charge in [-0.25, -0.2) is 4.79 Å². The lowest BCUT2D eigenvalue weighted by Gasteiger charge is -2.21. The van der Waals surface area contributed by atoms with Crippen LogP contribution >= 0.6 is 11.3 Å². The van der Waals surface area contributed by atoms with Crippen molar-refractivity contribution < 1.29 is 19.1 Å². The fraction of sp³-hybridized carbons (Fsp3) is 0.345. The zero-order valence-electron chi connectivity index (χ0n) is 21.6. The van der Waals surface area contributed by atoms with Gasteiger partial charge in [0.25, 0.3) is 0 Å². The van der Waals surface area contributed by atoms with Gasteiger partial charge in [-0.05, 0) is 74.9 Å². The summed E-state index contributed by atoms with van der Waals surface area (Å²) in [5, 5.41) is 10.6. The highest BCUT2D eigenvalue weighted by molar-refractivity contribution is 7.13. The molecule has 1 aromatic heterocycles. The second kappa shape index (κ2) is 13.6. The van der Waals surface area contributed by atoms with Crippen LogP contribution < -0.4 is 16.0 Å². The third kappa shape index (κ3) is 10.1. The van der Waals surface area contributed by atoms with Gasteiger partial charge in [0.1, 0.15) is 5.60 Å². The molecule has 0 aliphatic carbocycles. The molecule has 1 heterocycles. The minimum absolute atomic E-state index is 0.000387. The van der Waals surface area contributed by atoms with Crippen molar-refractivity contribution in [2.45, 2.75) is 64.9 Å². The molecule has 196 valence electrons. The second-order valence-electron chi connectivity index (χ2n) is 9.74. The fourth-order valence-corrected chi connectivity index (χ4v) is 4.37. The third-order valence-corrected chi connectivity index (χ3v) is 6.27. The van der Waals surface area contributed by atoms with E-state index in [1.54, 1.807) is 38.2 Å². The van der Waals surface area contributed by atoms with Crippen molar-refractivity contribution in [3.8, 4) is 10.4 Å². The summed E-state index contributed by atoms with van der Waals surface area (Å²) in [6.07, 6.45) is 3.43. The van der Waals surface area contributed by atoms with Gasteiger partial charge in [-0.1, -0.05) is 43.2 Å². The first-order chi connectivity index (χ1) is 17.7. The van der Waals surface area contributed by atoms with Gasteiger partial charge < -0.3 is 15.4 Å². The molecular formula is C29H35N3O4S. The van der Waals surface area contributed by atoms with Crippen molar-refractivity contribution >= 4 is 46.3 Å². The first kappa shape index (κ1) is 27.9. The number of benzene rings is 2. The Morgan fingerprint density at radius 3 is 2.05 bits per heavy atom. The van der Waals surface area contributed by atoms with Crippen LogP contribution in [-0.2, 0) is 14.3 Å². The lowest BCUT2D eigenvalue weighted by Crippen LogP contribution is -2.27. The average molecular weight is 522 g/mol. The zero-order chi connectivity index (χ0) is 26.7. The van der Waals surface area contributed by atoms with E-state index in [1.807, 2.05) is 60.0 Å². The minimum atomic E-state index is -0.632. The van der Waals surface area contributed by atoms with Crippen molar-refractivity contribution in [3.63, 3.8) is 0 Å². The number of carbonyl (C=O) groups excluding carboxylic acids is 3.